The number of anilines is 1. The molecule has 5 heteroatoms. The molecule has 0 bridgehead atoms. The Morgan fingerprint density at radius 3 is 2.94 bits per heavy atom. The molecule has 98 valence electrons. The molecule has 1 fully saturated rings. The molecule has 0 amide bonds. The lowest BCUT2D eigenvalue weighted by atomic mass is 10.1. The lowest BCUT2D eigenvalue weighted by Gasteiger charge is -2.37. The Kier molecular flexibility index (Phi) is 3.93. The standard InChI is InChI=1S/C13H16FNO3/c1-9-5-15(6-11(8-17)18-9)13-3-2-10(7-16)4-12(13)14/h2-4,7,9,11,17H,5-6,8H2,1H3. The first kappa shape index (κ1) is 13.0. The smallest absolute Gasteiger partial charge is 0.150 e. The van der Waals surface area contributed by atoms with Gasteiger partial charge < -0.3 is 14.7 Å². The van der Waals surface area contributed by atoms with Gasteiger partial charge in [-0.15, -0.1) is 0 Å². The van der Waals surface area contributed by atoms with Crippen LogP contribution in [0.4, 0.5) is 10.1 Å². The maximum absolute atomic E-state index is 13.9. The SMILES string of the molecule is CC1CN(c2ccc(C=O)cc2F)CC(CO)O1. The number of halogens is 1. The van der Waals surface area contributed by atoms with Gasteiger partial charge in [0, 0.05) is 18.7 Å². The third-order valence-electron chi connectivity index (χ3n) is 2.98. The zero-order chi connectivity index (χ0) is 13.1. The highest BCUT2D eigenvalue weighted by molar-refractivity contribution is 5.76. The molecule has 1 aliphatic rings. The van der Waals surface area contributed by atoms with Crippen LogP contribution in [-0.2, 0) is 4.74 Å². The number of benzene rings is 1. The number of nitrogens with zero attached hydrogens (tertiary/aromatic N) is 1. The minimum absolute atomic E-state index is 0.0685. The number of aldehydes is 1. The summed E-state index contributed by atoms with van der Waals surface area (Å²) in [4.78, 5) is 12.4. The van der Waals surface area contributed by atoms with Gasteiger partial charge in [-0.25, -0.2) is 4.39 Å². The Morgan fingerprint density at radius 2 is 2.33 bits per heavy atom. The molecule has 0 spiro atoms. The number of hydrogen-bond donors (Lipinski definition) is 1. The van der Waals surface area contributed by atoms with Gasteiger partial charge in [-0.3, -0.25) is 4.79 Å². The van der Waals surface area contributed by atoms with Gasteiger partial charge in [0.1, 0.15) is 12.1 Å². The molecule has 1 aliphatic heterocycles. The Hall–Kier alpha value is -1.46. The van der Waals surface area contributed by atoms with Crippen LogP contribution in [0.1, 0.15) is 17.3 Å². The Bertz CT molecular complexity index is 438. The van der Waals surface area contributed by atoms with Crippen molar-refractivity contribution in [3.8, 4) is 0 Å². The van der Waals surface area contributed by atoms with E-state index in [1.165, 1.54) is 6.07 Å². The van der Waals surface area contributed by atoms with Crippen LogP contribution in [0.15, 0.2) is 18.2 Å². The molecule has 1 saturated heterocycles. The molecule has 18 heavy (non-hydrogen) atoms. The molecule has 0 radical (unpaired) electrons. The van der Waals surface area contributed by atoms with Gasteiger partial charge in [-0.1, -0.05) is 0 Å². The minimum Gasteiger partial charge on any atom is -0.394 e. The number of aliphatic hydroxyl groups excluding tert-OH is 1. The normalized spacial score (nSPS) is 24.1. The first-order valence-electron chi connectivity index (χ1n) is 5.90. The fourth-order valence-electron chi connectivity index (χ4n) is 2.20. The predicted octanol–water partition coefficient (Wildman–Crippen LogP) is 1.22. The highest BCUT2D eigenvalue weighted by atomic mass is 19.1. The van der Waals surface area contributed by atoms with E-state index in [-0.39, 0.29) is 18.8 Å². The highest BCUT2D eigenvalue weighted by Crippen LogP contribution is 2.24. The Balaban J connectivity index is 2.22. The van der Waals surface area contributed by atoms with E-state index >= 15 is 0 Å². The van der Waals surface area contributed by atoms with Crippen LogP contribution < -0.4 is 4.90 Å². The number of hydrogen-bond acceptors (Lipinski definition) is 4. The fraction of sp³-hybridized carbons (Fsp3) is 0.462. The number of carbonyl (C=O) groups is 1. The average Bonchev–Trinajstić information content (AvgIpc) is 2.37. The molecule has 4 nitrogen and oxygen atoms in total. The average molecular weight is 253 g/mol. The van der Waals surface area contributed by atoms with Crippen LogP contribution in [0.3, 0.4) is 0 Å². The fourth-order valence-corrected chi connectivity index (χ4v) is 2.20. The first-order chi connectivity index (χ1) is 8.63. The molecule has 2 atom stereocenters. The summed E-state index contributed by atoms with van der Waals surface area (Å²) in [7, 11) is 0. The summed E-state index contributed by atoms with van der Waals surface area (Å²) in [6.07, 6.45) is 0.241. The molecule has 0 aromatic heterocycles. The molecule has 1 aromatic rings. The molecular weight excluding hydrogens is 237 g/mol. The Morgan fingerprint density at radius 1 is 1.56 bits per heavy atom. The summed E-state index contributed by atoms with van der Waals surface area (Å²) in [5.41, 5.74) is 0.755. The van der Waals surface area contributed by atoms with Crippen molar-refractivity contribution < 1.29 is 19.0 Å². The summed E-state index contributed by atoms with van der Waals surface area (Å²) >= 11 is 0. The molecule has 1 heterocycles. The van der Waals surface area contributed by atoms with E-state index in [9.17, 15) is 9.18 Å². The zero-order valence-corrected chi connectivity index (χ0v) is 10.2. The number of ether oxygens (including phenoxy) is 1. The third kappa shape index (κ3) is 2.68. The third-order valence-corrected chi connectivity index (χ3v) is 2.98. The summed E-state index contributed by atoms with van der Waals surface area (Å²) < 4.78 is 19.4. The molecule has 0 saturated carbocycles. The van der Waals surface area contributed by atoms with Crippen molar-refractivity contribution in [3.63, 3.8) is 0 Å². The number of morpholine rings is 1. The van der Waals surface area contributed by atoms with E-state index in [0.29, 0.717) is 30.6 Å². The van der Waals surface area contributed by atoms with Gasteiger partial charge >= 0.3 is 0 Å². The van der Waals surface area contributed by atoms with E-state index in [4.69, 9.17) is 9.84 Å². The minimum atomic E-state index is -0.426. The van der Waals surface area contributed by atoms with Gasteiger partial charge in [0.05, 0.1) is 24.5 Å². The van der Waals surface area contributed by atoms with Crippen LogP contribution in [0, 0.1) is 5.82 Å². The summed E-state index contributed by atoms with van der Waals surface area (Å²) in [6.45, 7) is 2.80. The number of rotatable bonds is 3. The van der Waals surface area contributed by atoms with Crippen molar-refractivity contribution in [3.05, 3.63) is 29.6 Å². The van der Waals surface area contributed by atoms with Crippen molar-refractivity contribution in [1.82, 2.24) is 0 Å². The van der Waals surface area contributed by atoms with Crippen molar-refractivity contribution >= 4 is 12.0 Å². The molecule has 1 N–H and O–H groups in total. The van der Waals surface area contributed by atoms with Crippen molar-refractivity contribution in [2.24, 2.45) is 0 Å². The van der Waals surface area contributed by atoms with Crippen molar-refractivity contribution in [2.75, 3.05) is 24.6 Å². The van der Waals surface area contributed by atoms with E-state index in [2.05, 4.69) is 0 Å². The van der Waals surface area contributed by atoms with Gasteiger partial charge in [-0.05, 0) is 25.1 Å². The molecule has 1 aromatic carbocycles. The van der Waals surface area contributed by atoms with Gasteiger partial charge in [0.2, 0.25) is 0 Å². The lowest BCUT2D eigenvalue weighted by Crippen LogP contribution is -2.48. The van der Waals surface area contributed by atoms with E-state index in [1.807, 2.05) is 11.8 Å². The molecule has 0 aliphatic carbocycles. The van der Waals surface area contributed by atoms with Crippen LogP contribution in [0.25, 0.3) is 0 Å². The second-order valence-electron chi connectivity index (χ2n) is 4.48. The second-order valence-corrected chi connectivity index (χ2v) is 4.48. The molecule has 2 rings (SSSR count). The van der Waals surface area contributed by atoms with Gasteiger partial charge in [-0.2, -0.15) is 0 Å². The summed E-state index contributed by atoms with van der Waals surface area (Å²) in [6, 6.07) is 4.39. The van der Waals surface area contributed by atoms with E-state index < -0.39 is 5.82 Å². The Labute approximate surface area is 105 Å². The van der Waals surface area contributed by atoms with Crippen LogP contribution in [0.2, 0.25) is 0 Å². The van der Waals surface area contributed by atoms with Crippen molar-refractivity contribution in [1.29, 1.82) is 0 Å². The highest BCUT2D eigenvalue weighted by Gasteiger charge is 2.26. The molecular formula is C13H16FNO3. The van der Waals surface area contributed by atoms with Crippen molar-refractivity contribution in [2.45, 2.75) is 19.1 Å². The second kappa shape index (κ2) is 5.46. The molecule has 2 unspecified atom stereocenters. The quantitative estimate of drug-likeness (QED) is 0.823. The van der Waals surface area contributed by atoms with Crippen LogP contribution in [0.5, 0.6) is 0 Å². The number of carbonyl (C=O) groups excluding carboxylic acids is 1. The van der Waals surface area contributed by atoms with Gasteiger partial charge in [0.15, 0.2) is 0 Å². The summed E-state index contributed by atoms with van der Waals surface area (Å²) in [5, 5.41) is 9.13. The lowest BCUT2D eigenvalue weighted by molar-refractivity contribution is -0.0422. The van der Waals surface area contributed by atoms with E-state index in [0.717, 1.165) is 0 Å². The largest absolute Gasteiger partial charge is 0.394 e. The number of aliphatic hydroxyl groups is 1. The van der Waals surface area contributed by atoms with E-state index in [1.54, 1.807) is 12.1 Å². The first-order valence-corrected chi connectivity index (χ1v) is 5.90. The zero-order valence-electron chi connectivity index (χ0n) is 10.2. The summed E-state index contributed by atoms with van der Waals surface area (Å²) in [5.74, 6) is -0.426. The maximum atomic E-state index is 13.9. The predicted molar refractivity (Wildman–Crippen MR) is 65.4 cm³/mol. The van der Waals surface area contributed by atoms with Crippen LogP contribution >= 0.6 is 0 Å². The van der Waals surface area contributed by atoms with Crippen LogP contribution in [-0.4, -0.2) is 43.3 Å². The topological polar surface area (TPSA) is 49.8 Å². The van der Waals surface area contributed by atoms with Gasteiger partial charge in [0.25, 0.3) is 0 Å². The monoisotopic (exact) mass is 253 g/mol. The maximum Gasteiger partial charge on any atom is 0.150 e.